The fourth-order valence-corrected chi connectivity index (χ4v) is 3.01. The van der Waals surface area contributed by atoms with Gasteiger partial charge in [0.05, 0.1) is 6.10 Å². The fourth-order valence-electron chi connectivity index (χ4n) is 3.01. The molecule has 0 radical (unpaired) electrons. The second-order valence-electron chi connectivity index (χ2n) is 6.69. The molecule has 1 amide bonds. The van der Waals surface area contributed by atoms with Crippen LogP contribution in [0.1, 0.15) is 37.2 Å². The zero-order valence-corrected chi connectivity index (χ0v) is 14.3. The molecule has 1 aromatic heterocycles. The lowest BCUT2D eigenvalue weighted by Gasteiger charge is -2.14. The van der Waals surface area contributed by atoms with E-state index in [1.807, 2.05) is 26.0 Å². The second-order valence-corrected chi connectivity index (χ2v) is 6.69. The third-order valence-electron chi connectivity index (χ3n) is 4.26. The number of carbonyl (C=O) groups is 1. The maximum atomic E-state index is 12.4. The highest BCUT2D eigenvalue weighted by molar-refractivity contribution is 6.02. The van der Waals surface area contributed by atoms with Gasteiger partial charge >= 0.3 is 0 Å². The predicted octanol–water partition coefficient (Wildman–Crippen LogP) is 2.26. The normalized spacial score (nSPS) is 18.6. The number of amides is 1. The Kier molecular flexibility index (Phi) is 5.27. The molecule has 0 spiro atoms. The summed E-state index contributed by atoms with van der Waals surface area (Å²) in [6.45, 7) is 10.1. The number of rotatable bonds is 4. The van der Waals surface area contributed by atoms with Crippen molar-refractivity contribution in [1.29, 1.82) is 5.26 Å². The van der Waals surface area contributed by atoms with Crippen molar-refractivity contribution in [1.82, 2.24) is 9.47 Å². The van der Waals surface area contributed by atoms with E-state index in [0.717, 1.165) is 23.5 Å². The van der Waals surface area contributed by atoms with E-state index in [2.05, 4.69) is 18.4 Å². The Balaban J connectivity index is 2.28. The molecular formula is C18H25N3O2. The summed E-state index contributed by atoms with van der Waals surface area (Å²) in [6, 6.07) is 4.03. The fraction of sp³-hybridized carbons (Fsp3) is 0.556. The summed E-state index contributed by atoms with van der Waals surface area (Å²) in [5.41, 5.74) is 3.23. The Morgan fingerprint density at radius 3 is 2.74 bits per heavy atom. The number of nitrogens with zero attached hydrogens (tertiary/aromatic N) is 3. The van der Waals surface area contributed by atoms with Crippen molar-refractivity contribution in [3.8, 4) is 6.07 Å². The van der Waals surface area contributed by atoms with Gasteiger partial charge in [0.25, 0.3) is 5.91 Å². The van der Waals surface area contributed by atoms with E-state index in [1.54, 1.807) is 11.0 Å². The first-order valence-corrected chi connectivity index (χ1v) is 8.09. The first-order valence-electron chi connectivity index (χ1n) is 8.09. The molecule has 1 aromatic rings. The van der Waals surface area contributed by atoms with E-state index in [9.17, 15) is 15.2 Å². The van der Waals surface area contributed by atoms with Crippen LogP contribution in [0.4, 0.5) is 0 Å². The van der Waals surface area contributed by atoms with Crippen molar-refractivity contribution < 1.29 is 9.90 Å². The van der Waals surface area contributed by atoms with Gasteiger partial charge < -0.3 is 14.6 Å². The zero-order chi connectivity index (χ0) is 17.1. The van der Waals surface area contributed by atoms with Gasteiger partial charge in [-0.1, -0.05) is 13.8 Å². The number of aryl methyl sites for hydroxylation is 1. The summed E-state index contributed by atoms with van der Waals surface area (Å²) < 4.78 is 2.22. The van der Waals surface area contributed by atoms with Crippen molar-refractivity contribution in [3.63, 3.8) is 0 Å². The van der Waals surface area contributed by atoms with Gasteiger partial charge in [0.1, 0.15) is 11.6 Å². The molecule has 2 rings (SSSR count). The molecule has 2 heterocycles. The van der Waals surface area contributed by atoms with Gasteiger partial charge in [0.2, 0.25) is 0 Å². The van der Waals surface area contributed by atoms with Gasteiger partial charge in [-0.3, -0.25) is 4.79 Å². The van der Waals surface area contributed by atoms with E-state index in [0.29, 0.717) is 25.4 Å². The van der Waals surface area contributed by atoms with E-state index in [4.69, 9.17) is 0 Å². The smallest absolute Gasteiger partial charge is 0.264 e. The summed E-state index contributed by atoms with van der Waals surface area (Å²) >= 11 is 0. The highest BCUT2D eigenvalue weighted by Crippen LogP contribution is 2.21. The molecule has 0 saturated carbocycles. The van der Waals surface area contributed by atoms with Crippen molar-refractivity contribution >= 4 is 12.0 Å². The molecule has 1 fully saturated rings. The van der Waals surface area contributed by atoms with E-state index >= 15 is 0 Å². The van der Waals surface area contributed by atoms with Crippen LogP contribution in [0.2, 0.25) is 0 Å². The molecule has 124 valence electrons. The molecule has 1 saturated heterocycles. The number of hydrogen-bond acceptors (Lipinski definition) is 3. The van der Waals surface area contributed by atoms with Crippen molar-refractivity contribution in [2.24, 2.45) is 5.92 Å². The topological polar surface area (TPSA) is 69.3 Å². The Bertz CT molecular complexity index is 665. The number of carbonyl (C=O) groups excluding carboxylic acids is 1. The second kappa shape index (κ2) is 7.01. The molecule has 1 N–H and O–H groups in total. The van der Waals surface area contributed by atoms with Crippen molar-refractivity contribution in [2.45, 2.75) is 46.8 Å². The molecule has 1 aliphatic rings. The lowest BCUT2D eigenvalue weighted by Crippen LogP contribution is -2.30. The lowest BCUT2D eigenvalue weighted by atomic mass is 10.1. The van der Waals surface area contributed by atoms with Crippen LogP contribution in [0, 0.1) is 31.1 Å². The van der Waals surface area contributed by atoms with E-state index < -0.39 is 6.10 Å². The molecule has 0 unspecified atom stereocenters. The zero-order valence-electron chi connectivity index (χ0n) is 14.3. The number of hydrogen-bond donors (Lipinski definition) is 1. The Hall–Kier alpha value is -2.06. The number of likely N-dealkylation sites (tertiary alicyclic amines) is 1. The minimum Gasteiger partial charge on any atom is -0.391 e. The lowest BCUT2D eigenvalue weighted by molar-refractivity contribution is -0.125. The summed E-state index contributed by atoms with van der Waals surface area (Å²) in [6.07, 6.45) is 1.77. The SMILES string of the molecule is Cc1cc(/C=C(/C#N)C(=O)N2CC[C@@H](O)C2)c(C)n1CC(C)C. The first-order chi connectivity index (χ1) is 10.8. The summed E-state index contributed by atoms with van der Waals surface area (Å²) in [4.78, 5) is 14.0. The molecule has 5 heteroatoms. The van der Waals surface area contributed by atoms with Crippen LogP contribution in [0.15, 0.2) is 11.6 Å². The quantitative estimate of drug-likeness (QED) is 0.684. The Morgan fingerprint density at radius 1 is 1.52 bits per heavy atom. The van der Waals surface area contributed by atoms with Crippen LogP contribution in [-0.4, -0.2) is 39.7 Å². The highest BCUT2D eigenvalue weighted by Gasteiger charge is 2.27. The molecule has 23 heavy (non-hydrogen) atoms. The largest absolute Gasteiger partial charge is 0.391 e. The highest BCUT2D eigenvalue weighted by atomic mass is 16.3. The molecule has 0 bridgehead atoms. The standard InChI is InChI=1S/C18H25N3O2/c1-12(2)10-21-13(3)7-15(14(21)4)8-16(9-19)18(23)20-6-5-17(22)11-20/h7-8,12,17,22H,5-6,10-11H2,1-4H3/b16-8-/t17-/m1/s1. The predicted molar refractivity (Wildman–Crippen MR) is 89.5 cm³/mol. The van der Waals surface area contributed by atoms with Gasteiger partial charge in [-0.2, -0.15) is 5.26 Å². The number of β-amino-alcohol motifs (C(OH)–C–C–N with tert-alkyl or cyclic N) is 1. The Morgan fingerprint density at radius 2 is 2.22 bits per heavy atom. The molecule has 5 nitrogen and oxygen atoms in total. The molecule has 0 aliphatic carbocycles. The molecular weight excluding hydrogens is 290 g/mol. The van der Waals surface area contributed by atoms with E-state index in [1.165, 1.54) is 0 Å². The number of aliphatic hydroxyl groups excluding tert-OH is 1. The average molecular weight is 315 g/mol. The molecule has 1 aliphatic heterocycles. The summed E-state index contributed by atoms with van der Waals surface area (Å²) in [5, 5.41) is 18.9. The van der Waals surface area contributed by atoms with Gasteiger partial charge in [0, 0.05) is 31.0 Å². The summed E-state index contributed by atoms with van der Waals surface area (Å²) in [7, 11) is 0. The maximum Gasteiger partial charge on any atom is 0.264 e. The van der Waals surface area contributed by atoms with Gasteiger partial charge in [-0.05, 0) is 43.9 Å². The average Bonchev–Trinajstić information content (AvgIpc) is 3.03. The minimum atomic E-state index is -0.477. The van der Waals surface area contributed by atoms with Crippen LogP contribution in [0.3, 0.4) is 0 Å². The Labute approximate surface area is 137 Å². The number of aliphatic hydroxyl groups is 1. The summed E-state index contributed by atoms with van der Waals surface area (Å²) in [5.74, 6) is 0.234. The van der Waals surface area contributed by atoms with Crippen LogP contribution < -0.4 is 0 Å². The van der Waals surface area contributed by atoms with Crippen molar-refractivity contribution in [3.05, 3.63) is 28.6 Å². The maximum absolute atomic E-state index is 12.4. The number of nitriles is 1. The van der Waals surface area contributed by atoms with E-state index in [-0.39, 0.29) is 11.5 Å². The van der Waals surface area contributed by atoms with Crippen LogP contribution in [-0.2, 0) is 11.3 Å². The van der Waals surface area contributed by atoms with Crippen LogP contribution >= 0.6 is 0 Å². The number of aromatic nitrogens is 1. The minimum absolute atomic E-state index is 0.129. The van der Waals surface area contributed by atoms with Crippen LogP contribution in [0.5, 0.6) is 0 Å². The molecule has 1 atom stereocenters. The van der Waals surface area contributed by atoms with Gasteiger partial charge in [0.15, 0.2) is 0 Å². The van der Waals surface area contributed by atoms with Gasteiger partial charge in [-0.15, -0.1) is 0 Å². The monoisotopic (exact) mass is 315 g/mol. The van der Waals surface area contributed by atoms with Crippen molar-refractivity contribution in [2.75, 3.05) is 13.1 Å². The molecule has 0 aromatic carbocycles. The third-order valence-corrected chi connectivity index (χ3v) is 4.26. The van der Waals surface area contributed by atoms with Crippen LogP contribution in [0.25, 0.3) is 6.08 Å². The first kappa shape index (κ1) is 17.3. The third kappa shape index (κ3) is 3.83. The van der Waals surface area contributed by atoms with Gasteiger partial charge in [-0.25, -0.2) is 0 Å².